The topological polar surface area (TPSA) is 45.4 Å². The fraction of sp³-hybridized carbons (Fsp3) is 0.533. The van der Waals surface area contributed by atoms with Crippen molar-refractivity contribution in [1.82, 2.24) is 9.13 Å². The van der Waals surface area contributed by atoms with E-state index in [9.17, 15) is 4.79 Å². The molecule has 22 heavy (non-hydrogen) atoms. The van der Waals surface area contributed by atoms with Crippen LogP contribution in [0, 0.1) is 0 Å². The van der Waals surface area contributed by atoms with Crippen LogP contribution in [0.15, 0.2) is 21.4 Å². The van der Waals surface area contributed by atoms with Gasteiger partial charge < -0.3 is 9.47 Å². The van der Waals surface area contributed by atoms with Crippen LogP contribution in [0.4, 0.5) is 0 Å². The third kappa shape index (κ3) is 3.47. The molecule has 0 N–H and O–H groups in total. The summed E-state index contributed by atoms with van der Waals surface area (Å²) in [6, 6.07) is 4.83. The molecule has 0 aliphatic carbocycles. The standard InChI is InChI=1S/C15H23BrN2O3Si/c1-17-14-11(6-7-12(20-2)13(14)16)18(15(17)19)10-21-8-9-22(3,4)5/h6-7H,8-10H2,1-5H3. The van der Waals surface area contributed by atoms with Crippen LogP contribution in [0.3, 0.4) is 0 Å². The van der Waals surface area contributed by atoms with Gasteiger partial charge in [0.05, 0.1) is 22.6 Å². The average molecular weight is 387 g/mol. The van der Waals surface area contributed by atoms with Crippen LogP contribution < -0.4 is 10.4 Å². The summed E-state index contributed by atoms with van der Waals surface area (Å²) < 4.78 is 15.1. The first-order valence-electron chi connectivity index (χ1n) is 7.25. The van der Waals surface area contributed by atoms with Gasteiger partial charge in [0, 0.05) is 21.7 Å². The highest BCUT2D eigenvalue weighted by Gasteiger charge is 2.17. The lowest BCUT2D eigenvalue weighted by Crippen LogP contribution is -2.25. The summed E-state index contributed by atoms with van der Waals surface area (Å²) in [4.78, 5) is 12.4. The molecule has 1 aromatic heterocycles. The fourth-order valence-corrected chi connectivity index (χ4v) is 3.79. The molecule has 5 nitrogen and oxygen atoms in total. The van der Waals surface area contributed by atoms with Gasteiger partial charge in [-0.3, -0.25) is 9.13 Å². The van der Waals surface area contributed by atoms with Gasteiger partial charge in [0.2, 0.25) is 0 Å². The number of methoxy groups -OCH3 is 1. The number of hydrogen-bond acceptors (Lipinski definition) is 3. The van der Waals surface area contributed by atoms with Crippen LogP contribution in [0.25, 0.3) is 11.0 Å². The van der Waals surface area contributed by atoms with Crippen LogP contribution >= 0.6 is 15.9 Å². The second kappa shape index (κ2) is 6.60. The molecule has 7 heteroatoms. The Balaban J connectivity index is 2.29. The average Bonchev–Trinajstić information content (AvgIpc) is 2.68. The largest absolute Gasteiger partial charge is 0.495 e. The Morgan fingerprint density at radius 3 is 2.55 bits per heavy atom. The molecule has 122 valence electrons. The van der Waals surface area contributed by atoms with E-state index in [2.05, 4.69) is 35.6 Å². The zero-order chi connectivity index (χ0) is 16.5. The van der Waals surface area contributed by atoms with Gasteiger partial charge in [-0.2, -0.15) is 0 Å². The predicted octanol–water partition coefficient (Wildman–Crippen LogP) is 3.42. The molecule has 0 aliphatic heterocycles. The third-order valence-electron chi connectivity index (χ3n) is 3.64. The van der Waals surface area contributed by atoms with Crippen molar-refractivity contribution in [2.24, 2.45) is 7.05 Å². The van der Waals surface area contributed by atoms with E-state index in [0.717, 1.165) is 21.6 Å². The highest BCUT2D eigenvalue weighted by atomic mass is 79.9. The minimum absolute atomic E-state index is 0.0862. The van der Waals surface area contributed by atoms with Crippen molar-refractivity contribution in [2.75, 3.05) is 13.7 Å². The molecule has 0 fully saturated rings. The second-order valence-corrected chi connectivity index (χ2v) is 13.0. The van der Waals surface area contributed by atoms with Gasteiger partial charge >= 0.3 is 5.69 Å². The van der Waals surface area contributed by atoms with Crippen LogP contribution in [0.2, 0.25) is 25.7 Å². The molecule has 0 aliphatic rings. The van der Waals surface area contributed by atoms with Crippen LogP contribution in [-0.2, 0) is 18.5 Å². The van der Waals surface area contributed by atoms with Gasteiger partial charge in [-0.25, -0.2) is 4.79 Å². The van der Waals surface area contributed by atoms with Crippen LogP contribution in [-0.4, -0.2) is 30.9 Å². The number of fused-ring (bicyclic) bond motifs is 1. The molecule has 0 spiro atoms. The maximum atomic E-state index is 12.4. The van der Waals surface area contributed by atoms with Crippen molar-refractivity contribution in [1.29, 1.82) is 0 Å². The van der Waals surface area contributed by atoms with Gasteiger partial charge in [-0.05, 0) is 34.1 Å². The van der Waals surface area contributed by atoms with Gasteiger partial charge in [0.15, 0.2) is 0 Å². The first-order chi connectivity index (χ1) is 10.3. The molecule has 0 unspecified atom stereocenters. The summed E-state index contributed by atoms with van der Waals surface area (Å²) in [5, 5.41) is 0. The molecule has 0 amide bonds. The number of hydrogen-bond donors (Lipinski definition) is 0. The van der Waals surface area contributed by atoms with Crippen molar-refractivity contribution in [3.8, 4) is 5.75 Å². The van der Waals surface area contributed by atoms with Crippen molar-refractivity contribution >= 4 is 35.0 Å². The van der Waals surface area contributed by atoms with Crippen molar-refractivity contribution < 1.29 is 9.47 Å². The van der Waals surface area contributed by atoms with Crippen molar-refractivity contribution in [2.45, 2.75) is 32.4 Å². The summed E-state index contributed by atoms with van der Waals surface area (Å²) in [7, 11) is 2.25. The number of aromatic nitrogens is 2. The quantitative estimate of drug-likeness (QED) is 0.564. The number of aryl methyl sites for hydroxylation is 1. The summed E-state index contributed by atoms with van der Waals surface area (Å²) in [5.41, 5.74) is 1.57. The van der Waals surface area contributed by atoms with E-state index in [4.69, 9.17) is 9.47 Å². The minimum Gasteiger partial charge on any atom is -0.495 e. The zero-order valence-corrected chi connectivity index (χ0v) is 16.4. The van der Waals surface area contributed by atoms with E-state index in [-0.39, 0.29) is 12.4 Å². The van der Waals surface area contributed by atoms with Crippen LogP contribution in [0.1, 0.15) is 0 Å². The molecule has 0 atom stereocenters. The molecular weight excluding hydrogens is 364 g/mol. The lowest BCUT2D eigenvalue weighted by molar-refractivity contribution is 0.0873. The smallest absolute Gasteiger partial charge is 0.330 e. The monoisotopic (exact) mass is 386 g/mol. The maximum absolute atomic E-state index is 12.4. The molecule has 2 rings (SSSR count). The second-order valence-electron chi connectivity index (χ2n) is 6.57. The van der Waals surface area contributed by atoms with Crippen molar-refractivity contribution in [3.63, 3.8) is 0 Å². The molecule has 0 saturated carbocycles. The summed E-state index contributed by atoms with van der Waals surface area (Å²) in [6.45, 7) is 7.90. The van der Waals surface area contributed by atoms with E-state index < -0.39 is 8.07 Å². The van der Waals surface area contributed by atoms with E-state index in [1.807, 2.05) is 12.1 Å². The zero-order valence-electron chi connectivity index (χ0n) is 13.8. The molecular formula is C15H23BrN2O3Si. The third-order valence-corrected chi connectivity index (χ3v) is 6.11. The van der Waals surface area contributed by atoms with Gasteiger partial charge in [0.25, 0.3) is 0 Å². The lowest BCUT2D eigenvalue weighted by atomic mass is 10.3. The number of benzene rings is 1. The molecule has 2 aromatic rings. The number of imidazole rings is 1. The molecule has 1 aromatic carbocycles. The first-order valence-corrected chi connectivity index (χ1v) is 11.8. The molecule has 0 bridgehead atoms. The highest BCUT2D eigenvalue weighted by molar-refractivity contribution is 9.10. The SMILES string of the molecule is COc1ccc2c(c1Br)n(C)c(=O)n2COCC[Si](C)(C)C. The molecule has 0 radical (unpaired) electrons. The number of ether oxygens (including phenoxy) is 2. The van der Waals surface area contributed by atoms with Crippen molar-refractivity contribution in [3.05, 3.63) is 27.1 Å². The molecule has 0 saturated heterocycles. The minimum atomic E-state index is -1.12. The number of nitrogens with zero attached hydrogens (tertiary/aromatic N) is 2. The predicted molar refractivity (Wildman–Crippen MR) is 95.5 cm³/mol. The normalized spacial score (nSPS) is 12.1. The summed E-state index contributed by atoms with van der Waals surface area (Å²) >= 11 is 3.51. The highest BCUT2D eigenvalue weighted by Crippen LogP contribution is 2.32. The van der Waals surface area contributed by atoms with E-state index >= 15 is 0 Å². The first kappa shape index (κ1) is 17.3. The van der Waals surface area contributed by atoms with Gasteiger partial charge in [-0.15, -0.1) is 0 Å². The summed E-state index contributed by atoms with van der Waals surface area (Å²) in [5.74, 6) is 0.708. The number of rotatable bonds is 6. The molecule has 1 heterocycles. The number of halogens is 1. The lowest BCUT2D eigenvalue weighted by Gasteiger charge is -2.15. The van der Waals surface area contributed by atoms with Crippen LogP contribution in [0.5, 0.6) is 5.75 Å². The fourth-order valence-electron chi connectivity index (χ4n) is 2.27. The Kier molecular flexibility index (Phi) is 5.19. The Bertz CT molecular complexity index is 731. The summed E-state index contributed by atoms with van der Waals surface area (Å²) in [6.07, 6.45) is 0. The Hall–Kier alpha value is -1.05. The Morgan fingerprint density at radius 1 is 1.27 bits per heavy atom. The van der Waals surface area contributed by atoms with Gasteiger partial charge in [-0.1, -0.05) is 19.6 Å². The van der Waals surface area contributed by atoms with E-state index in [1.54, 1.807) is 23.3 Å². The Morgan fingerprint density at radius 2 is 1.95 bits per heavy atom. The van der Waals surface area contributed by atoms with E-state index in [0.29, 0.717) is 12.4 Å². The van der Waals surface area contributed by atoms with E-state index in [1.165, 1.54) is 0 Å². The maximum Gasteiger partial charge on any atom is 0.330 e. The van der Waals surface area contributed by atoms with Gasteiger partial charge in [0.1, 0.15) is 12.5 Å². The Labute approximate surface area is 140 Å².